The van der Waals surface area contributed by atoms with Crippen LogP contribution < -0.4 is 5.32 Å². The van der Waals surface area contributed by atoms with Crippen LogP contribution in [-0.2, 0) is 6.42 Å². The van der Waals surface area contributed by atoms with Crippen LogP contribution in [0.3, 0.4) is 0 Å². The van der Waals surface area contributed by atoms with Crippen molar-refractivity contribution < 1.29 is 0 Å². The Morgan fingerprint density at radius 1 is 1.35 bits per heavy atom. The Balaban J connectivity index is 1.89. The summed E-state index contributed by atoms with van der Waals surface area (Å²) in [5.41, 5.74) is 4.16. The second-order valence-corrected chi connectivity index (χ2v) is 5.23. The van der Waals surface area contributed by atoms with Gasteiger partial charge in [0.25, 0.3) is 0 Å². The van der Waals surface area contributed by atoms with Crippen LogP contribution in [0.25, 0.3) is 10.9 Å². The highest BCUT2D eigenvalue weighted by Gasteiger charge is 2.15. The van der Waals surface area contributed by atoms with E-state index >= 15 is 0 Å². The molecule has 1 saturated heterocycles. The van der Waals surface area contributed by atoms with E-state index in [2.05, 4.69) is 41.6 Å². The number of hydrogen-bond acceptors (Lipinski definition) is 1. The summed E-state index contributed by atoms with van der Waals surface area (Å²) in [4.78, 5) is 3.40. The predicted octanol–water partition coefficient (Wildman–Crippen LogP) is 3.02. The van der Waals surface area contributed by atoms with Crippen LogP contribution in [0.4, 0.5) is 0 Å². The van der Waals surface area contributed by atoms with Crippen molar-refractivity contribution in [3.05, 3.63) is 35.5 Å². The van der Waals surface area contributed by atoms with Gasteiger partial charge < -0.3 is 10.3 Å². The van der Waals surface area contributed by atoms with Crippen molar-refractivity contribution in [1.82, 2.24) is 10.3 Å². The molecule has 2 N–H and O–H groups in total. The number of rotatable bonds is 2. The molecular weight excluding hydrogens is 208 g/mol. The fourth-order valence-electron chi connectivity index (χ4n) is 3.02. The summed E-state index contributed by atoms with van der Waals surface area (Å²) in [6.07, 6.45) is 6.10. The average Bonchev–Trinajstić information content (AvgIpc) is 2.75. The third-order valence-electron chi connectivity index (χ3n) is 3.90. The number of aromatic amines is 1. The van der Waals surface area contributed by atoms with Gasteiger partial charge in [-0.05, 0) is 62.4 Å². The Morgan fingerprint density at radius 3 is 3.12 bits per heavy atom. The highest BCUT2D eigenvalue weighted by molar-refractivity contribution is 5.86. The maximum absolute atomic E-state index is 3.50. The van der Waals surface area contributed by atoms with E-state index in [4.69, 9.17) is 0 Å². The minimum absolute atomic E-state index is 0.808. The van der Waals surface area contributed by atoms with Crippen molar-refractivity contribution in [3.63, 3.8) is 0 Å². The molecule has 2 aromatic rings. The van der Waals surface area contributed by atoms with E-state index in [9.17, 15) is 0 Å². The van der Waals surface area contributed by atoms with Gasteiger partial charge >= 0.3 is 0 Å². The van der Waals surface area contributed by atoms with E-state index in [1.54, 1.807) is 0 Å². The Kier molecular flexibility index (Phi) is 2.89. The molecule has 1 atom stereocenters. The number of aromatic nitrogens is 1. The number of hydrogen-bond donors (Lipinski definition) is 2. The lowest BCUT2D eigenvalue weighted by Crippen LogP contribution is -2.30. The summed E-state index contributed by atoms with van der Waals surface area (Å²) < 4.78 is 0. The largest absolute Gasteiger partial charge is 0.361 e. The maximum atomic E-state index is 3.50. The summed E-state index contributed by atoms with van der Waals surface area (Å²) in [7, 11) is 0. The van der Waals surface area contributed by atoms with E-state index < -0.39 is 0 Å². The van der Waals surface area contributed by atoms with Crippen molar-refractivity contribution in [2.45, 2.75) is 26.2 Å². The predicted molar refractivity (Wildman–Crippen MR) is 72.3 cm³/mol. The zero-order valence-electron chi connectivity index (χ0n) is 10.4. The molecule has 2 nitrogen and oxygen atoms in total. The number of piperidine rings is 1. The van der Waals surface area contributed by atoms with Gasteiger partial charge in [-0.1, -0.05) is 12.1 Å². The average molecular weight is 228 g/mol. The van der Waals surface area contributed by atoms with Crippen molar-refractivity contribution in [2.24, 2.45) is 5.92 Å². The highest BCUT2D eigenvalue weighted by Crippen LogP contribution is 2.26. The van der Waals surface area contributed by atoms with Crippen molar-refractivity contribution in [1.29, 1.82) is 0 Å². The number of aryl methyl sites for hydroxylation is 1. The fourth-order valence-corrected chi connectivity index (χ4v) is 3.02. The maximum Gasteiger partial charge on any atom is 0.0459 e. The molecule has 0 saturated carbocycles. The quantitative estimate of drug-likeness (QED) is 0.812. The Hall–Kier alpha value is -1.28. The van der Waals surface area contributed by atoms with Gasteiger partial charge in [-0.15, -0.1) is 0 Å². The van der Waals surface area contributed by atoms with Gasteiger partial charge in [0.15, 0.2) is 0 Å². The topological polar surface area (TPSA) is 27.8 Å². The number of fused-ring (bicyclic) bond motifs is 1. The van der Waals surface area contributed by atoms with E-state index in [0.717, 1.165) is 5.92 Å². The molecule has 1 unspecified atom stereocenters. The van der Waals surface area contributed by atoms with E-state index in [1.807, 2.05) is 0 Å². The molecule has 1 aliphatic heterocycles. The van der Waals surface area contributed by atoms with Gasteiger partial charge in [0.05, 0.1) is 0 Å². The van der Waals surface area contributed by atoms with Crippen LogP contribution in [0.15, 0.2) is 24.4 Å². The first-order valence-corrected chi connectivity index (χ1v) is 6.61. The second-order valence-electron chi connectivity index (χ2n) is 5.23. The Morgan fingerprint density at radius 2 is 2.29 bits per heavy atom. The van der Waals surface area contributed by atoms with Gasteiger partial charge in [-0.3, -0.25) is 0 Å². The summed E-state index contributed by atoms with van der Waals surface area (Å²) in [5, 5.41) is 4.94. The molecule has 0 bridgehead atoms. The first-order chi connectivity index (χ1) is 8.34. The standard InChI is InChI=1S/C15H20N2/c1-11-4-2-6-14-15(11)13(10-17-14)8-12-5-3-7-16-9-12/h2,4,6,10,12,16-17H,3,5,7-9H2,1H3. The van der Waals surface area contributed by atoms with Gasteiger partial charge in [-0.2, -0.15) is 0 Å². The third-order valence-corrected chi connectivity index (χ3v) is 3.90. The van der Waals surface area contributed by atoms with E-state index in [1.165, 1.54) is 54.4 Å². The molecule has 0 radical (unpaired) electrons. The lowest BCUT2D eigenvalue weighted by molar-refractivity contribution is 0.377. The molecule has 0 amide bonds. The Labute approximate surface area is 102 Å². The van der Waals surface area contributed by atoms with Gasteiger partial charge in [0.1, 0.15) is 0 Å². The molecule has 1 aromatic carbocycles. The summed E-state index contributed by atoms with van der Waals surface area (Å²) >= 11 is 0. The smallest absolute Gasteiger partial charge is 0.0459 e. The number of H-pyrrole nitrogens is 1. The zero-order valence-corrected chi connectivity index (χ0v) is 10.4. The molecule has 1 fully saturated rings. The monoisotopic (exact) mass is 228 g/mol. The van der Waals surface area contributed by atoms with Gasteiger partial charge in [0, 0.05) is 17.1 Å². The first-order valence-electron chi connectivity index (χ1n) is 6.61. The van der Waals surface area contributed by atoms with Crippen molar-refractivity contribution in [2.75, 3.05) is 13.1 Å². The highest BCUT2D eigenvalue weighted by atomic mass is 14.9. The molecular formula is C15H20N2. The number of nitrogens with one attached hydrogen (secondary N) is 2. The molecule has 2 heterocycles. The van der Waals surface area contributed by atoms with E-state index in [-0.39, 0.29) is 0 Å². The minimum Gasteiger partial charge on any atom is -0.361 e. The minimum atomic E-state index is 0.808. The van der Waals surface area contributed by atoms with Crippen LogP contribution in [0, 0.1) is 12.8 Å². The molecule has 1 aromatic heterocycles. The molecule has 90 valence electrons. The molecule has 1 aliphatic rings. The summed E-state index contributed by atoms with van der Waals surface area (Å²) in [6.45, 7) is 4.58. The van der Waals surface area contributed by atoms with Gasteiger partial charge in [0.2, 0.25) is 0 Å². The Bertz CT molecular complexity index is 507. The lowest BCUT2D eigenvalue weighted by atomic mass is 9.91. The van der Waals surface area contributed by atoms with Crippen LogP contribution in [0.5, 0.6) is 0 Å². The second kappa shape index (κ2) is 4.53. The molecule has 3 rings (SSSR count). The van der Waals surface area contributed by atoms with Crippen molar-refractivity contribution >= 4 is 10.9 Å². The lowest BCUT2D eigenvalue weighted by Gasteiger charge is -2.22. The zero-order chi connectivity index (χ0) is 11.7. The molecule has 0 spiro atoms. The number of benzene rings is 1. The van der Waals surface area contributed by atoms with Gasteiger partial charge in [-0.25, -0.2) is 0 Å². The third kappa shape index (κ3) is 2.09. The molecule has 2 heteroatoms. The molecule has 0 aliphatic carbocycles. The summed E-state index contributed by atoms with van der Waals surface area (Å²) in [6, 6.07) is 6.50. The molecule has 17 heavy (non-hydrogen) atoms. The van der Waals surface area contributed by atoms with E-state index in [0.29, 0.717) is 0 Å². The van der Waals surface area contributed by atoms with Crippen LogP contribution in [0.1, 0.15) is 24.0 Å². The van der Waals surface area contributed by atoms with Crippen LogP contribution >= 0.6 is 0 Å². The normalized spacial score (nSPS) is 20.9. The summed E-state index contributed by atoms with van der Waals surface area (Å²) in [5.74, 6) is 0.808. The van der Waals surface area contributed by atoms with Crippen LogP contribution in [-0.4, -0.2) is 18.1 Å². The van der Waals surface area contributed by atoms with Crippen molar-refractivity contribution in [3.8, 4) is 0 Å². The van der Waals surface area contributed by atoms with Crippen LogP contribution in [0.2, 0.25) is 0 Å². The SMILES string of the molecule is Cc1cccc2[nH]cc(CC3CCCNC3)c12. The fraction of sp³-hybridized carbons (Fsp3) is 0.467. The first kappa shape index (κ1) is 10.8.